The Labute approximate surface area is 102 Å². The molecule has 0 aliphatic carbocycles. The van der Waals surface area contributed by atoms with E-state index in [1.807, 2.05) is 19.0 Å². The van der Waals surface area contributed by atoms with Crippen LogP contribution in [0.25, 0.3) is 0 Å². The van der Waals surface area contributed by atoms with E-state index in [-0.39, 0.29) is 11.7 Å². The SMILES string of the molecule is CC(=O)N(CCN(C)C)Cc1ccc(F)cc1. The quantitative estimate of drug-likeness (QED) is 0.780. The molecule has 3 nitrogen and oxygen atoms in total. The van der Waals surface area contributed by atoms with Crippen LogP contribution in [-0.4, -0.2) is 42.9 Å². The number of rotatable bonds is 5. The molecule has 0 aromatic heterocycles. The zero-order valence-electron chi connectivity index (χ0n) is 10.6. The molecule has 0 aliphatic rings. The van der Waals surface area contributed by atoms with Crippen molar-refractivity contribution >= 4 is 5.91 Å². The largest absolute Gasteiger partial charge is 0.337 e. The molecule has 0 radical (unpaired) electrons. The van der Waals surface area contributed by atoms with Crippen LogP contribution in [0.3, 0.4) is 0 Å². The Hall–Kier alpha value is -1.42. The Balaban J connectivity index is 2.60. The van der Waals surface area contributed by atoms with Gasteiger partial charge in [0.2, 0.25) is 5.91 Å². The Morgan fingerprint density at radius 1 is 1.18 bits per heavy atom. The monoisotopic (exact) mass is 238 g/mol. The highest BCUT2D eigenvalue weighted by molar-refractivity contribution is 5.73. The van der Waals surface area contributed by atoms with Crippen LogP contribution in [0.4, 0.5) is 4.39 Å². The number of carbonyl (C=O) groups is 1. The molecule has 0 fully saturated rings. The maximum absolute atomic E-state index is 12.7. The number of nitrogens with zero attached hydrogens (tertiary/aromatic N) is 2. The van der Waals surface area contributed by atoms with Crippen LogP contribution in [0.1, 0.15) is 12.5 Å². The predicted octanol–water partition coefficient (Wildman–Crippen LogP) is 1.74. The van der Waals surface area contributed by atoms with Gasteiger partial charge in [0.1, 0.15) is 5.82 Å². The number of hydrogen-bond acceptors (Lipinski definition) is 2. The van der Waals surface area contributed by atoms with Crippen LogP contribution in [0.5, 0.6) is 0 Å². The topological polar surface area (TPSA) is 23.6 Å². The third-order valence-corrected chi connectivity index (χ3v) is 2.55. The molecule has 0 N–H and O–H groups in total. The van der Waals surface area contributed by atoms with E-state index in [1.165, 1.54) is 12.1 Å². The molecule has 0 bridgehead atoms. The molecule has 0 atom stereocenters. The van der Waals surface area contributed by atoms with Gasteiger partial charge >= 0.3 is 0 Å². The van der Waals surface area contributed by atoms with E-state index >= 15 is 0 Å². The van der Waals surface area contributed by atoms with E-state index < -0.39 is 0 Å². The summed E-state index contributed by atoms with van der Waals surface area (Å²) in [6.07, 6.45) is 0. The second kappa shape index (κ2) is 6.35. The highest BCUT2D eigenvalue weighted by Gasteiger charge is 2.09. The molecule has 0 unspecified atom stereocenters. The van der Waals surface area contributed by atoms with Crippen molar-refractivity contribution in [1.82, 2.24) is 9.80 Å². The van der Waals surface area contributed by atoms with Gasteiger partial charge in [-0.05, 0) is 31.8 Å². The lowest BCUT2D eigenvalue weighted by atomic mass is 10.2. The van der Waals surface area contributed by atoms with Crippen LogP contribution in [0.2, 0.25) is 0 Å². The summed E-state index contributed by atoms with van der Waals surface area (Å²) in [6.45, 7) is 3.59. The van der Waals surface area contributed by atoms with Crippen molar-refractivity contribution < 1.29 is 9.18 Å². The lowest BCUT2D eigenvalue weighted by Gasteiger charge is -2.23. The molecule has 0 heterocycles. The Morgan fingerprint density at radius 3 is 2.24 bits per heavy atom. The van der Waals surface area contributed by atoms with E-state index in [1.54, 1.807) is 24.0 Å². The lowest BCUT2D eigenvalue weighted by molar-refractivity contribution is -0.129. The van der Waals surface area contributed by atoms with Crippen LogP contribution >= 0.6 is 0 Å². The van der Waals surface area contributed by atoms with Crippen molar-refractivity contribution in [3.05, 3.63) is 35.6 Å². The fourth-order valence-electron chi connectivity index (χ4n) is 1.48. The van der Waals surface area contributed by atoms with Crippen molar-refractivity contribution in [2.24, 2.45) is 0 Å². The van der Waals surface area contributed by atoms with Crippen LogP contribution < -0.4 is 0 Å². The summed E-state index contributed by atoms with van der Waals surface area (Å²) < 4.78 is 12.7. The van der Waals surface area contributed by atoms with E-state index in [2.05, 4.69) is 0 Å². The number of hydrogen-bond donors (Lipinski definition) is 0. The molecule has 1 amide bonds. The van der Waals surface area contributed by atoms with Crippen LogP contribution in [0.15, 0.2) is 24.3 Å². The van der Waals surface area contributed by atoms with Crippen molar-refractivity contribution in [1.29, 1.82) is 0 Å². The first kappa shape index (κ1) is 13.6. The standard InChI is InChI=1S/C13H19FN2O/c1-11(17)16(9-8-15(2)3)10-12-4-6-13(14)7-5-12/h4-7H,8-10H2,1-3H3. The summed E-state index contributed by atoms with van der Waals surface area (Å²) in [4.78, 5) is 15.2. The minimum Gasteiger partial charge on any atom is -0.337 e. The summed E-state index contributed by atoms with van der Waals surface area (Å²) in [5, 5.41) is 0. The minimum atomic E-state index is -0.253. The molecule has 0 spiro atoms. The van der Waals surface area contributed by atoms with Crippen LogP contribution in [0, 0.1) is 5.82 Å². The normalized spacial score (nSPS) is 10.6. The summed E-state index contributed by atoms with van der Waals surface area (Å²) in [5.74, 6) is -0.215. The zero-order valence-corrected chi connectivity index (χ0v) is 10.6. The number of benzene rings is 1. The van der Waals surface area contributed by atoms with Gasteiger partial charge in [-0.1, -0.05) is 12.1 Å². The van der Waals surface area contributed by atoms with E-state index in [0.717, 1.165) is 12.1 Å². The molecule has 0 saturated carbocycles. The number of likely N-dealkylation sites (N-methyl/N-ethyl adjacent to an activating group) is 1. The highest BCUT2D eigenvalue weighted by Crippen LogP contribution is 2.06. The van der Waals surface area contributed by atoms with Gasteiger partial charge < -0.3 is 9.80 Å². The predicted molar refractivity (Wildman–Crippen MR) is 66.0 cm³/mol. The fourth-order valence-corrected chi connectivity index (χ4v) is 1.48. The average molecular weight is 238 g/mol. The maximum atomic E-state index is 12.7. The third kappa shape index (κ3) is 4.95. The van der Waals surface area contributed by atoms with E-state index in [9.17, 15) is 9.18 Å². The number of amides is 1. The maximum Gasteiger partial charge on any atom is 0.219 e. The van der Waals surface area contributed by atoms with Gasteiger partial charge in [0.15, 0.2) is 0 Å². The molecule has 1 aromatic carbocycles. The minimum absolute atomic E-state index is 0.0381. The van der Waals surface area contributed by atoms with E-state index in [0.29, 0.717) is 13.1 Å². The Bertz CT molecular complexity index is 362. The summed E-state index contributed by atoms with van der Waals surface area (Å²) >= 11 is 0. The van der Waals surface area contributed by atoms with E-state index in [4.69, 9.17) is 0 Å². The molecule has 0 aliphatic heterocycles. The molecule has 1 rings (SSSR count). The van der Waals surface area contributed by atoms with Gasteiger partial charge in [0.05, 0.1) is 0 Å². The smallest absolute Gasteiger partial charge is 0.219 e. The fraction of sp³-hybridized carbons (Fsp3) is 0.462. The first-order valence-electron chi connectivity index (χ1n) is 5.63. The lowest BCUT2D eigenvalue weighted by Crippen LogP contribution is -2.34. The second-order valence-corrected chi connectivity index (χ2v) is 4.37. The first-order valence-corrected chi connectivity index (χ1v) is 5.63. The van der Waals surface area contributed by atoms with Gasteiger partial charge in [-0.2, -0.15) is 0 Å². The van der Waals surface area contributed by atoms with Gasteiger partial charge in [-0.15, -0.1) is 0 Å². The highest BCUT2D eigenvalue weighted by atomic mass is 19.1. The molecule has 4 heteroatoms. The molecule has 0 saturated heterocycles. The van der Waals surface area contributed by atoms with Crippen molar-refractivity contribution in [2.75, 3.05) is 27.2 Å². The number of carbonyl (C=O) groups excluding carboxylic acids is 1. The molecule has 94 valence electrons. The Morgan fingerprint density at radius 2 is 1.76 bits per heavy atom. The molecular formula is C13H19FN2O. The van der Waals surface area contributed by atoms with Gasteiger partial charge in [-0.3, -0.25) is 4.79 Å². The molecular weight excluding hydrogens is 219 g/mol. The Kier molecular flexibility index (Phi) is 5.10. The van der Waals surface area contributed by atoms with Gasteiger partial charge in [-0.25, -0.2) is 4.39 Å². The second-order valence-electron chi connectivity index (χ2n) is 4.37. The summed E-state index contributed by atoms with van der Waals surface area (Å²) in [7, 11) is 3.94. The van der Waals surface area contributed by atoms with Crippen molar-refractivity contribution in [2.45, 2.75) is 13.5 Å². The first-order chi connectivity index (χ1) is 7.99. The van der Waals surface area contributed by atoms with Crippen molar-refractivity contribution in [3.63, 3.8) is 0 Å². The average Bonchev–Trinajstić information content (AvgIpc) is 2.26. The van der Waals surface area contributed by atoms with Gasteiger partial charge in [0, 0.05) is 26.6 Å². The van der Waals surface area contributed by atoms with Gasteiger partial charge in [0.25, 0.3) is 0 Å². The zero-order chi connectivity index (χ0) is 12.8. The van der Waals surface area contributed by atoms with Crippen molar-refractivity contribution in [3.8, 4) is 0 Å². The molecule has 1 aromatic rings. The summed E-state index contributed by atoms with van der Waals surface area (Å²) in [6, 6.07) is 6.25. The molecule has 17 heavy (non-hydrogen) atoms. The third-order valence-electron chi connectivity index (χ3n) is 2.55. The number of halogens is 1. The van der Waals surface area contributed by atoms with Crippen LogP contribution in [-0.2, 0) is 11.3 Å². The summed E-state index contributed by atoms with van der Waals surface area (Å²) in [5.41, 5.74) is 0.945.